The number of hydrogen-bond acceptors (Lipinski definition) is 4. The van der Waals surface area contributed by atoms with E-state index in [2.05, 4.69) is 5.32 Å². The molecule has 24 heavy (non-hydrogen) atoms. The molecule has 0 aliphatic rings. The number of aliphatic carboxylic acids is 1. The minimum absolute atomic E-state index is 0.0663. The van der Waals surface area contributed by atoms with E-state index in [0.717, 1.165) is 6.07 Å². The van der Waals surface area contributed by atoms with Crippen LogP contribution in [0.5, 0.6) is 0 Å². The fraction of sp³-hybridized carbons (Fsp3) is 0.429. The van der Waals surface area contributed by atoms with Gasteiger partial charge in [0.1, 0.15) is 11.9 Å². The number of benzene rings is 1. The van der Waals surface area contributed by atoms with Gasteiger partial charge in [0.15, 0.2) is 0 Å². The standard InChI is InChI=1S/C14H18ClFN2O5S/c1-9(14(20)21)18(7-6-17-10(2)19)24(22,23)8-11-12(15)4-3-5-13(11)16/h3-5,9H,6-8H2,1-2H3,(H,17,19)(H,20,21). The number of carboxylic acids is 1. The van der Waals surface area contributed by atoms with Crippen molar-refractivity contribution in [2.45, 2.75) is 25.6 Å². The third-order valence-corrected chi connectivity index (χ3v) is 5.46. The van der Waals surface area contributed by atoms with Crippen LogP contribution in [0.25, 0.3) is 0 Å². The molecule has 0 saturated carbocycles. The van der Waals surface area contributed by atoms with Crippen molar-refractivity contribution in [2.75, 3.05) is 13.1 Å². The highest BCUT2D eigenvalue weighted by atomic mass is 35.5. The SMILES string of the molecule is CC(=O)NCCN(C(C)C(=O)O)S(=O)(=O)Cc1c(F)cccc1Cl. The van der Waals surface area contributed by atoms with Crippen LogP contribution in [0.3, 0.4) is 0 Å². The maximum atomic E-state index is 13.8. The van der Waals surface area contributed by atoms with Gasteiger partial charge in [0.2, 0.25) is 15.9 Å². The third kappa shape index (κ3) is 5.43. The molecule has 0 saturated heterocycles. The molecule has 1 unspecified atom stereocenters. The van der Waals surface area contributed by atoms with Crippen LogP contribution in [0.1, 0.15) is 19.4 Å². The van der Waals surface area contributed by atoms with Crippen LogP contribution in [0.4, 0.5) is 4.39 Å². The van der Waals surface area contributed by atoms with E-state index in [1.807, 2.05) is 0 Å². The third-order valence-electron chi connectivity index (χ3n) is 3.24. The number of amides is 1. The first kappa shape index (κ1) is 20.3. The van der Waals surface area contributed by atoms with Crippen LogP contribution >= 0.6 is 11.6 Å². The van der Waals surface area contributed by atoms with Gasteiger partial charge in [-0.3, -0.25) is 9.59 Å². The number of rotatable bonds is 8. The van der Waals surface area contributed by atoms with Gasteiger partial charge in [0.25, 0.3) is 0 Å². The fourth-order valence-electron chi connectivity index (χ4n) is 1.97. The quantitative estimate of drug-likeness (QED) is 0.705. The zero-order chi connectivity index (χ0) is 18.5. The van der Waals surface area contributed by atoms with Crippen molar-refractivity contribution < 1.29 is 27.5 Å². The minimum Gasteiger partial charge on any atom is -0.480 e. The van der Waals surface area contributed by atoms with Gasteiger partial charge in [-0.2, -0.15) is 4.31 Å². The van der Waals surface area contributed by atoms with Crippen molar-refractivity contribution in [3.05, 3.63) is 34.6 Å². The molecule has 2 N–H and O–H groups in total. The van der Waals surface area contributed by atoms with Crippen LogP contribution in [0.2, 0.25) is 5.02 Å². The number of carbonyl (C=O) groups excluding carboxylic acids is 1. The average molecular weight is 381 g/mol. The summed E-state index contributed by atoms with van der Waals surface area (Å²) in [7, 11) is -4.19. The second kappa shape index (κ2) is 8.41. The highest BCUT2D eigenvalue weighted by molar-refractivity contribution is 7.88. The van der Waals surface area contributed by atoms with Gasteiger partial charge in [-0.15, -0.1) is 0 Å². The summed E-state index contributed by atoms with van der Waals surface area (Å²) in [5, 5.41) is 11.4. The van der Waals surface area contributed by atoms with Crippen molar-refractivity contribution in [3.63, 3.8) is 0 Å². The van der Waals surface area contributed by atoms with Gasteiger partial charge in [-0.25, -0.2) is 12.8 Å². The molecule has 0 spiro atoms. The number of nitrogens with one attached hydrogen (secondary N) is 1. The van der Waals surface area contributed by atoms with E-state index < -0.39 is 33.6 Å². The van der Waals surface area contributed by atoms with Crippen molar-refractivity contribution >= 4 is 33.5 Å². The van der Waals surface area contributed by atoms with Gasteiger partial charge in [-0.05, 0) is 19.1 Å². The molecule has 0 bridgehead atoms. The Balaban J connectivity index is 3.09. The molecule has 10 heteroatoms. The Labute approximate surface area is 144 Å². The summed E-state index contributed by atoms with van der Waals surface area (Å²) in [5.74, 6) is -3.32. The number of halogens is 2. The molecule has 7 nitrogen and oxygen atoms in total. The normalized spacial score (nSPS) is 12.9. The molecule has 1 aromatic carbocycles. The zero-order valence-corrected chi connectivity index (χ0v) is 14.7. The van der Waals surface area contributed by atoms with Crippen LogP contribution in [0.15, 0.2) is 18.2 Å². The molecule has 0 heterocycles. The molecule has 0 radical (unpaired) electrons. The van der Waals surface area contributed by atoms with Crippen LogP contribution < -0.4 is 5.32 Å². The highest BCUT2D eigenvalue weighted by Gasteiger charge is 2.32. The van der Waals surface area contributed by atoms with E-state index in [4.69, 9.17) is 16.7 Å². The summed E-state index contributed by atoms with van der Waals surface area (Å²) in [6.45, 7) is 2.10. The first-order valence-corrected chi connectivity index (χ1v) is 8.94. The predicted octanol–water partition coefficient (Wildman–Crippen LogP) is 1.22. The fourth-order valence-corrected chi connectivity index (χ4v) is 4.05. The maximum absolute atomic E-state index is 13.8. The van der Waals surface area contributed by atoms with Crippen molar-refractivity contribution in [1.82, 2.24) is 9.62 Å². The first-order chi connectivity index (χ1) is 11.1. The summed E-state index contributed by atoms with van der Waals surface area (Å²) in [4.78, 5) is 22.1. The van der Waals surface area contributed by atoms with Crippen LogP contribution in [-0.2, 0) is 25.4 Å². The molecule has 0 aromatic heterocycles. The molecular formula is C14H18ClFN2O5S. The second-order valence-corrected chi connectivity index (χ2v) is 7.39. The van der Waals surface area contributed by atoms with E-state index in [-0.39, 0.29) is 29.6 Å². The molecule has 134 valence electrons. The lowest BCUT2D eigenvalue weighted by molar-refractivity contribution is -0.140. The van der Waals surface area contributed by atoms with E-state index >= 15 is 0 Å². The van der Waals surface area contributed by atoms with Crippen LogP contribution in [-0.4, -0.2) is 48.8 Å². The monoisotopic (exact) mass is 380 g/mol. The molecule has 0 aliphatic heterocycles. The lowest BCUT2D eigenvalue weighted by Crippen LogP contribution is -2.47. The van der Waals surface area contributed by atoms with Crippen molar-refractivity contribution in [3.8, 4) is 0 Å². The van der Waals surface area contributed by atoms with Gasteiger partial charge in [0, 0.05) is 30.6 Å². The molecule has 1 aromatic rings. The Hall–Kier alpha value is -1.71. The number of nitrogens with zero attached hydrogens (tertiary/aromatic N) is 1. The maximum Gasteiger partial charge on any atom is 0.321 e. The van der Waals surface area contributed by atoms with Crippen LogP contribution in [0, 0.1) is 5.82 Å². The lowest BCUT2D eigenvalue weighted by atomic mass is 10.2. The summed E-state index contributed by atoms with van der Waals surface area (Å²) in [6, 6.07) is 2.37. The number of sulfonamides is 1. The predicted molar refractivity (Wildman–Crippen MR) is 86.5 cm³/mol. The van der Waals surface area contributed by atoms with Gasteiger partial charge in [0.05, 0.1) is 5.75 Å². The molecule has 0 aliphatic carbocycles. The van der Waals surface area contributed by atoms with E-state index in [0.29, 0.717) is 4.31 Å². The number of carbonyl (C=O) groups is 2. The van der Waals surface area contributed by atoms with Gasteiger partial charge < -0.3 is 10.4 Å². The summed E-state index contributed by atoms with van der Waals surface area (Å²) in [5.41, 5.74) is -0.235. The number of hydrogen-bond donors (Lipinski definition) is 2. The summed E-state index contributed by atoms with van der Waals surface area (Å²) in [6.07, 6.45) is 0. The van der Waals surface area contributed by atoms with Crippen molar-refractivity contribution in [1.29, 1.82) is 0 Å². The molecule has 0 fully saturated rings. The highest BCUT2D eigenvalue weighted by Crippen LogP contribution is 2.23. The summed E-state index contributed by atoms with van der Waals surface area (Å²) < 4.78 is 39.6. The largest absolute Gasteiger partial charge is 0.480 e. The molecular weight excluding hydrogens is 363 g/mol. The molecule has 1 amide bonds. The Bertz CT molecular complexity index is 706. The van der Waals surface area contributed by atoms with Crippen molar-refractivity contribution in [2.24, 2.45) is 0 Å². The molecule has 1 atom stereocenters. The summed E-state index contributed by atoms with van der Waals surface area (Å²) >= 11 is 5.83. The topological polar surface area (TPSA) is 104 Å². The Morgan fingerprint density at radius 1 is 1.42 bits per heavy atom. The molecule has 1 rings (SSSR count). The zero-order valence-electron chi connectivity index (χ0n) is 13.1. The van der Waals surface area contributed by atoms with Gasteiger partial charge in [-0.1, -0.05) is 17.7 Å². The average Bonchev–Trinajstić information content (AvgIpc) is 2.46. The minimum atomic E-state index is -4.19. The van der Waals surface area contributed by atoms with Gasteiger partial charge >= 0.3 is 5.97 Å². The first-order valence-electron chi connectivity index (χ1n) is 6.96. The smallest absolute Gasteiger partial charge is 0.321 e. The van der Waals surface area contributed by atoms with E-state index in [9.17, 15) is 22.4 Å². The van der Waals surface area contributed by atoms with E-state index in [1.165, 1.54) is 26.0 Å². The Morgan fingerprint density at radius 3 is 2.54 bits per heavy atom. The Morgan fingerprint density at radius 2 is 2.04 bits per heavy atom. The van der Waals surface area contributed by atoms with E-state index in [1.54, 1.807) is 0 Å². The Kier molecular flexibility index (Phi) is 7.12. The second-order valence-electron chi connectivity index (χ2n) is 5.06. The lowest BCUT2D eigenvalue weighted by Gasteiger charge is -2.26. The number of carboxylic acid groups (broad SMARTS) is 1.